The smallest absolute Gasteiger partial charge is 0.341 e. The molecule has 10 nitrogen and oxygen atoms in total. The number of rotatable bonds is 12. The number of carbonyl (C=O) groups excluding carboxylic acids is 1. The van der Waals surface area contributed by atoms with Crippen molar-refractivity contribution in [2.75, 3.05) is 23.7 Å². The lowest BCUT2D eigenvalue weighted by atomic mass is 10.1. The minimum absolute atomic E-state index is 0.0254. The number of amides is 1. The molecule has 2 aromatic carbocycles. The molecule has 0 radical (unpaired) electrons. The Morgan fingerprint density at radius 3 is 2.46 bits per heavy atom. The molecule has 198 valence electrons. The summed E-state index contributed by atoms with van der Waals surface area (Å²) in [6, 6.07) is 8.66. The Balaban J connectivity index is 1.41. The van der Waals surface area contributed by atoms with Crippen molar-refractivity contribution in [2.45, 2.75) is 44.4 Å². The predicted octanol–water partition coefficient (Wildman–Crippen LogP) is 5.59. The van der Waals surface area contributed by atoms with Gasteiger partial charge in [0.05, 0.1) is 11.0 Å². The van der Waals surface area contributed by atoms with E-state index in [9.17, 15) is 19.5 Å². The highest BCUT2D eigenvalue weighted by atomic mass is 79.9. The number of aryl methyl sites for hydroxylation is 1. The van der Waals surface area contributed by atoms with E-state index in [1.54, 1.807) is 18.2 Å². The van der Waals surface area contributed by atoms with Gasteiger partial charge in [0.1, 0.15) is 5.75 Å². The second kappa shape index (κ2) is 11.1. The van der Waals surface area contributed by atoms with Crippen LogP contribution in [0.25, 0.3) is 0 Å². The molecule has 37 heavy (non-hydrogen) atoms. The first-order valence-corrected chi connectivity index (χ1v) is 16.0. The largest absolute Gasteiger partial charge is 0.450 e. The molecule has 2 aromatic rings. The minimum atomic E-state index is -3.37. The predicted molar refractivity (Wildman–Crippen MR) is 146 cm³/mol. The first-order chi connectivity index (χ1) is 17.8. The number of nitrogens with one attached hydrogen (secondary N) is 2. The number of fused-ring (bicyclic) bond motifs is 2. The molecular weight excluding hydrogens is 631 g/mol. The topological polar surface area (TPSA) is 123 Å². The van der Waals surface area contributed by atoms with Crippen LogP contribution in [0.15, 0.2) is 30.3 Å². The van der Waals surface area contributed by atoms with Gasteiger partial charge in [-0.1, -0.05) is 37.9 Å². The first-order valence-electron chi connectivity index (χ1n) is 12.2. The summed E-state index contributed by atoms with van der Waals surface area (Å²) in [5, 5.41) is 19.0. The lowest BCUT2D eigenvalue weighted by Crippen LogP contribution is -2.27. The number of alkyl halides is 2. The fraction of sp³-hybridized carbons (Fsp3) is 0.458. The van der Waals surface area contributed by atoms with E-state index in [0.717, 1.165) is 24.0 Å². The van der Waals surface area contributed by atoms with Gasteiger partial charge in [0, 0.05) is 48.0 Å². The molecule has 1 fully saturated rings. The second-order valence-electron chi connectivity index (χ2n) is 9.24. The third kappa shape index (κ3) is 5.79. The van der Waals surface area contributed by atoms with Gasteiger partial charge in [0.15, 0.2) is 0 Å². The third-order valence-electron chi connectivity index (χ3n) is 6.67. The van der Waals surface area contributed by atoms with E-state index >= 15 is 0 Å². The Hall–Kier alpha value is -1.82. The zero-order chi connectivity index (χ0) is 26.2. The standard InChI is InChI=1S/C24H27Br2N4O6P/c25-7-9-27-37(34,28-10-8-26)36-22-6-2-15-11-21(30(32)33)23(13-19(15)22)35-18-5-1-16-14-29(17-3-4-17)24(31)20(16)12-18/h1,5,11-13,17,22H,2-4,6-10,14H2,(H2,27,28,34). The van der Waals surface area contributed by atoms with E-state index in [4.69, 9.17) is 9.26 Å². The molecule has 1 amide bonds. The normalized spacial score (nSPS) is 18.7. The van der Waals surface area contributed by atoms with Crippen molar-refractivity contribution in [3.05, 3.63) is 62.7 Å². The molecule has 1 unspecified atom stereocenters. The highest BCUT2D eigenvalue weighted by Gasteiger charge is 2.39. The van der Waals surface area contributed by atoms with Crippen LogP contribution in [-0.2, 0) is 22.1 Å². The summed E-state index contributed by atoms with van der Waals surface area (Å²) in [6.07, 6.45) is 2.62. The molecule has 13 heteroatoms. The van der Waals surface area contributed by atoms with Crippen LogP contribution in [0.2, 0.25) is 0 Å². The van der Waals surface area contributed by atoms with Crippen LogP contribution in [0, 0.1) is 10.1 Å². The zero-order valence-corrected chi connectivity index (χ0v) is 24.0. The van der Waals surface area contributed by atoms with Crippen molar-refractivity contribution in [1.29, 1.82) is 0 Å². The van der Waals surface area contributed by atoms with Gasteiger partial charge in [-0.15, -0.1) is 0 Å². The van der Waals surface area contributed by atoms with Crippen molar-refractivity contribution in [3.8, 4) is 11.5 Å². The molecule has 2 aliphatic carbocycles. The molecule has 0 aromatic heterocycles. The Bertz CT molecular complexity index is 1260. The molecule has 0 saturated heterocycles. The summed E-state index contributed by atoms with van der Waals surface area (Å²) >= 11 is 6.65. The number of nitro benzene ring substituents is 1. The third-order valence-corrected chi connectivity index (χ3v) is 9.30. The van der Waals surface area contributed by atoms with Gasteiger partial charge in [-0.2, -0.15) is 0 Å². The van der Waals surface area contributed by atoms with Crippen LogP contribution in [0.3, 0.4) is 0 Å². The van der Waals surface area contributed by atoms with Gasteiger partial charge in [-0.3, -0.25) is 24.0 Å². The number of nitrogens with zero attached hydrogens (tertiary/aromatic N) is 2. The summed E-state index contributed by atoms with van der Waals surface area (Å²) in [5.41, 5.74) is 2.82. The fourth-order valence-corrected chi connectivity index (χ4v) is 7.44. The van der Waals surface area contributed by atoms with Crippen molar-refractivity contribution in [3.63, 3.8) is 0 Å². The first kappa shape index (κ1) is 26.8. The molecule has 1 aliphatic heterocycles. The quantitative estimate of drug-likeness (QED) is 0.131. The average molecular weight is 658 g/mol. The van der Waals surface area contributed by atoms with Gasteiger partial charge in [-0.05, 0) is 60.6 Å². The minimum Gasteiger partial charge on any atom is -0.450 e. The van der Waals surface area contributed by atoms with E-state index in [2.05, 4.69) is 42.0 Å². The number of hydrogen-bond acceptors (Lipinski definition) is 6. The van der Waals surface area contributed by atoms with Gasteiger partial charge in [0.2, 0.25) is 5.75 Å². The van der Waals surface area contributed by atoms with Crippen LogP contribution in [-0.4, -0.2) is 45.5 Å². The summed E-state index contributed by atoms with van der Waals surface area (Å²) in [6.45, 7) is 1.47. The molecule has 2 N–H and O–H groups in total. The van der Waals surface area contributed by atoms with Gasteiger partial charge in [0.25, 0.3) is 5.91 Å². The zero-order valence-electron chi connectivity index (χ0n) is 20.0. The van der Waals surface area contributed by atoms with Crippen LogP contribution in [0.1, 0.15) is 52.4 Å². The summed E-state index contributed by atoms with van der Waals surface area (Å²) < 4.78 is 25.5. The van der Waals surface area contributed by atoms with E-state index in [-0.39, 0.29) is 17.3 Å². The van der Waals surface area contributed by atoms with Gasteiger partial charge < -0.3 is 9.64 Å². The molecule has 0 bridgehead atoms. The van der Waals surface area contributed by atoms with Gasteiger partial charge in [-0.25, -0.2) is 10.2 Å². The Kier molecular flexibility index (Phi) is 8.04. The SMILES string of the molecule is O=C1c2cc(Oc3cc4c(cc3[N+](=O)[O-])CCC4OP(=O)(NCCBr)NCCBr)ccc2CN1C1CC1. The number of halogens is 2. The van der Waals surface area contributed by atoms with Crippen molar-refractivity contribution in [1.82, 2.24) is 15.1 Å². The van der Waals surface area contributed by atoms with Crippen molar-refractivity contribution in [2.24, 2.45) is 0 Å². The van der Waals surface area contributed by atoms with Crippen LogP contribution in [0.5, 0.6) is 11.5 Å². The summed E-state index contributed by atoms with van der Waals surface area (Å²) in [4.78, 5) is 26.1. The lowest BCUT2D eigenvalue weighted by Gasteiger charge is -2.24. The number of carbonyl (C=O) groups is 1. The Labute approximate surface area is 231 Å². The van der Waals surface area contributed by atoms with Crippen molar-refractivity contribution >= 4 is 51.1 Å². The molecule has 3 aliphatic rings. The summed E-state index contributed by atoms with van der Waals surface area (Å²) in [5.74, 6) is 0.384. The maximum Gasteiger partial charge on any atom is 0.341 e. The van der Waals surface area contributed by atoms with Crippen LogP contribution < -0.4 is 14.9 Å². The average Bonchev–Trinajstić information content (AvgIpc) is 3.59. The molecular formula is C24H27Br2N4O6P. The molecule has 1 saturated carbocycles. The van der Waals surface area contributed by atoms with E-state index < -0.39 is 18.7 Å². The molecule has 5 rings (SSSR count). The van der Waals surface area contributed by atoms with Crippen molar-refractivity contribution < 1.29 is 23.5 Å². The van der Waals surface area contributed by atoms with E-state index in [0.29, 0.717) is 66.1 Å². The maximum atomic E-state index is 13.4. The maximum absolute atomic E-state index is 13.4. The second-order valence-corrected chi connectivity index (χ2v) is 12.8. The molecule has 1 atom stereocenters. The fourth-order valence-electron chi connectivity index (χ4n) is 4.78. The summed E-state index contributed by atoms with van der Waals surface area (Å²) in [7, 11) is -3.37. The highest BCUT2D eigenvalue weighted by Crippen LogP contribution is 2.50. The number of benzene rings is 2. The monoisotopic (exact) mass is 656 g/mol. The van der Waals surface area contributed by atoms with Gasteiger partial charge >= 0.3 is 13.4 Å². The molecule has 1 heterocycles. The van der Waals surface area contributed by atoms with E-state index in [1.165, 1.54) is 6.07 Å². The van der Waals surface area contributed by atoms with Crippen LogP contribution >= 0.6 is 39.5 Å². The number of nitro groups is 1. The highest BCUT2D eigenvalue weighted by molar-refractivity contribution is 9.09. The number of ether oxygens (including phenoxy) is 1. The van der Waals surface area contributed by atoms with Crippen LogP contribution in [0.4, 0.5) is 5.69 Å². The Morgan fingerprint density at radius 1 is 1.08 bits per heavy atom. The number of hydrogen-bond donors (Lipinski definition) is 2. The molecule has 0 spiro atoms. The van der Waals surface area contributed by atoms with E-state index in [1.807, 2.05) is 11.0 Å². The Morgan fingerprint density at radius 2 is 1.81 bits per heavy atom. The lowest BCUT2D eigenvalue weighted by molar-refractivity contribution is -0.385.